The van der Waals surface area contributed by atoms with Crippen molar-refractivity contribution in [2.75, 3.05) is 0 Å². The van der Waals surface area contributed by atoms with E-state index in [0.717, 1.165) is 44.9 Å². The molecule has 3 aliphatic carbocycles. The molecule has 2 saturated carbocycles. The molecule has 1 heterocycles. The molecule has 0 spiro atoms. The van der Waals surface area contributed by atoms with Crippen LogP contribution in [0.4, 0.5) is 0 Å². The highest BCUT2D eigenvalue weighted by Crippen LogP contribution is 2.51. The van der Waals surface area contributed by atoms with Crippen LogP contribution in [0.5, 0.6) is 0 Å². The second-order valence-electron chi connectivity index (χ2n) is 9.86. The molecule has 1 aromatic rings. The van der Waals surface area contributed by atoms with Gasteiger partial charge in [-0.15, -0.1) is 0 Å². The Morgan fingerprint density at radius 3 is 2.83 bits per heavy atom. The molecular weight excluding hydrogens is 366 g/mol. The number of allylic oxidation sites excluding steroid dienone is 5. The Labute approximate surface area is 185 Å². The van der Waals surface area contributed by atoms with Crippen molar-refractivity contribution < 1.29 is 9.07 Å². The smallest absolute Gasteiger partial charge is 0.139 e. The summed E-state index contributed by atoms with van der Waals surface area (Å²) >= 11 is 0. The maximum absolute atomic E-state index is 13.3. The molecular formula is C28H39NO. The Morgan fingerprint density at radius 1 is 1.13 bits per heavy atom. The van der Waals surface area contributed by atoms with Crippen LogP contribution in [0.15, 0.2) is 70.9 Å². The molecule has 2 atom stereocenters. The number of benzene rings is 1. The maximum Gasteiger partial charge on any atom is 0.139 e. The van der Waals surface area contributed by atoms with E-state index in [4.69, 9.17) is 4.99 Å². The zero-order valence-electron chi connectivity index (χ0n) is 18.0. The van der Waals surface area contributed by atoms with Crippen molar-refractivity contribution in [3.63, 3.8) is 0 Å². The molecule has 1 unspecified atom stereocenters. The van der Waals surface area contributed by atoms with E-state index in [-0.39, 0.29) is 9.69 Å². The Bertz CT molecular complexity index is 928. The van der Waals surface area contributed by atoms with Gasteiger partial charge in [0.25, 0.3) is 0 Å². The van der Waals surface area contributed by atoms with E-state index in [1.807, 2.05) is 6.20 Å². The molecule has 0 bridgehead atoms. The van der Waals surface area contributed by atoms with Crippen molar-refractivity contribution >= 4 is 11.5 Å². The summed E-state index contributed by atoms with van der Waals surface area (Å²) in [5.41, 5.74) is 5.53. The SMILES string of the molecule is O=C(C[C@@H]1CCCC(C2=NC=CCC3=C2C=CCC3)C1)C1(Cc2ccccc2)CC1.[HH].[HH].[HH]. The highest BCUT2D eigenvalue weighted by atomic mass is 16.1. The van der Waals surface area contributed by atoms with Gasteiger partial charge in [0, 0.05) is 28.2 Å². The normalized spacial score (nSPS) is 27.3. The van der Waals surface area contributed by atoms with Crippen LogP contribution in [0.25, 0.3) is 0 Å². The standard InChI is InChI=1S/C28H33NO.3H2/c30-26(28(15-16-28)20-21-8-2-1-3-9-21)19-22-10-6-12-24(18-22)27-25-14-5-4-11-23(25)13-7-17-29-27;;;/h1-3,5,7-9,14,17,22,24H,4,6,10-13,15-16,18-20H2;3*1H/t22-,24?;;;/m1.../s1. The zero-order valence-corrected chi connectivity index (χ0v) is 18.0. The van der Waals surface area contributed by atoms with Crippen molar-refractivity contribution in [3.05, 3.63) is 71.5 Å². The van der Waals surface area contributed by atoms with E-state index in [0.29, 0.717) is 17.6 Å². The Hall–Kier alpha value is -2.22. The van der Waals surface area contributed by atoms with Crippen molar-refractivity contribution in [3.8, 4) is 0 Å². The largest absolute Gasteiger partial charge is 0.299 e. The molecule has 162 valence electrons. The number of hydrogen-bond acceptors (Lipinski definition) is 2. The predicted molar refractivity (Wildman–Crippen MR) is 130 cm³/mol. The summed E-state index contributed by atoms with van der Waals surface area (Å²) in [6.45, 7) is 0. The highest BCUT2D eigenvalue weighted by Gasteiger charge is 2.49. The third-order valence-electron chi connectivity index (χ3n) is 7.71. The second kappa shape index (κ2) is 8.49. The number of Topliss-reactive ketones (excluding diaryl/α,β-unsaturated/α-hetero) is 1. The van der Waals surface area contributed by atoms with E-state index in [1.165, 1.54) is 42.5 Å². The van der Waals surface area contributed by atoms with E-state index in [1.54, 1.807) is 5.57 Å². The molecule has 4 aliphatic rings. The van der Waals surface area contributed by atoms with Crippen LogP contribution >= 0.6 is 0 Å². The molecule has 5 rings (SSSR count). The van der Waals surface area contributed by atoms with Gasteiger partial charge in [-0.2, -0.15) is 0 Å². The zero-order chi connectivity index (χ0) is 20.4. The van der Waals surface area contributed by atoms with E-state index >= 15 is 0 Å². The van der Waals surface area contributed by atoms with Crippen LogP contribution in [0.2, 0.25) is 0 Å². The average molecular weight is 406 g/mol. The summed E-state index contributed by atoms with van der Waals surface area (Å²) in [5, 5.41) is 0. The van der Waals surface area contributed by atoms with Gasteiger partial charge >= 0.3 is 0 Å². The first kappa shape index (κ1) is 19.7. The van der Waals surface area contributed by atoms with Crippen LogP contribution < -0.4 is 0 Å². The lowest BCUT2D eigenvalue weighted by molar-refractivity contribution is -0.125. The average Bonchev–Trinajstić information content (AvgIpc) is 3.58. The van der Waals surface area contributed by atoms with Crippen LogP contribution in [0, 0.1) is 17.3 Å². The molecule has 0 saturated heterocycles. The molecule has 2 heteroatoms. The molecule has 0 amide bonds. The van der Waals surface area contributed by atoms with Gasteiger partial charge in [-0.25, -0.2) is 0 Å². The van der Waals surface area contributed by atoms with Crippen LogP contribution in [-0.2, 0) is 11.2 Å². The molecule has 30 heavy (non-hydrogen) atoms. The van der Waals surface area contributed by atoms with Crippen molar-refractivity contribution in [1.82, 2.24) is 0 Å². The predicted octanol–water partition coefficient (Wildman–Crippen LogP) is 7.52. The van der Waals surface area contributed by atoms with Gasteiger partial charge in [-0.05, 0) is 74.8 Å². The quantitative estimate of drug-likeness (QED) is 0.481. The van der Waals surface area contributed by atoms with Gasteiger partial charge < -0.3 is 0 Å². The van der Waals surface area contributed by atoms with Crippen LogP contribution in [0.3, 0.4) is 0 Å². The van der Waals surface area contributed by atoms with Gasteiger partial charge in [-0.1, -0.05) is 60.6 Å². The molecule has 2 nitrogen and oxygen atoms in total. The summed E-state index contributed by atoms with van der Waals surface area (Å²) in [7, 11) is 0. The lowest BCUT2D eigenvalue weighted by Gasteiger charge is -2.32. The molecule has 0 aromatic heterocycles. The number of ketones is 1. The van der Waals surface area contributed by atoms with Gasteiger partial charge in [0.1, 0.15) is 5.78 Å². The number of aliphatic imine (C=N–C) groups is 1. The van der Waals surface area contributed by atoms with Gasteiger partial charge in [0.15, 0.2) is 0 Å². The van der Waals surface area contributed by atoms with Crippen molar-refractivity contribution in [1.29, 1.82) is 0 Å². The van der Waals surface area contributed by atoms with Crippen molar-refractivity contribution in [2.24, 2.45) is 22.2 Å². The minimum Gasteiger partial charge on any atom is -0.299 e. The number of carbonyl (C=O) groups is 1. The maximum atomic E-state index is 13.3. The lowest BCUT2D eigenvalue weighted by Crippen LogP contribution is -2.28. The number of hydrogen-bond donors (Lipinski definition) is 0. The third-order valence-corrected chi connectivity index (χ3v) is 7.71. The van der Waals surface area contributed by atoms with Gasteiger partial charge in [-0.3, -0.25) is 9.79 Å². The number of carbonyl (C=O) groups excluding carboxylic acids is 1. The van der Waals surface area contributed by atoms with E-state index in [2.05, 4.69) is 48.6 Å². The molecule has 2 fully saturated rings. The minimum atomic E-state index is -0.0569. The first-order chi connectivity index (χ1) is 14.7. The fraction of sp³-hybridized carbons (Fsp3) is 0.500. The monoisotopic (exact) mass is 405 g/mol. The fourth-order valence-corrected chi connectivity index (χ4v) is 5.81. The number of nitrogens with zero attached hydrogens (tertiary/aromatic N) is 1. The fourth-order valence-electron chi connectivity index (χ4n) is 5.81. The Balaban J connectivity index is 0.00000128. The van der Waals surface area contributed by atoms with E-state index < -0.39 is 0 Å². The second-order valence-corrected chi connectivity index (χ2v) is 9.86. The molecule has 1 aliphatic heterocycles. The van der Waals surface area contributed by atoms with Crippen LogP contribution in [-0.4, -0.2) is 11.5 Å². The summed E-state index contributed by atoms with van der Waals surface area (Å²) in [6.07, 6.45) is 20.9. The highest BCUT2D eigenvalue weighted by molar-refractivity contribution is 6.05. The van der Waals surface area contributed by atoms with Crippen LogP contribution in [0.1, 0.15) is 74.1 Å². The minimum absolute atomic E-state index is 0. The van der Waals surface area contributed by atoms with E-state index in [9.17, 15) is 4.79 Å². The summed E-state index contributed by atoms with van der Waals surface area (Å²) in [4.78, 5) is 18.2. The molecule has 0 N–H and O–H groups in total. The summed E-state index contributed by atoms with van der Waals surface area (Å²) < 4.78 is 0. The van der Waals surface area contributed by atoms with Crippen molar-refractivity contribution in [2.45, 2.75) is 70.6 Å². The third kappa shape index (κ3) is 4.15. The molecule has 1 aromatic carbocycles. The first-order valence-electron chi connectivity index (χ1n) is 11.9. The topological polar surface area (TPSA) is 29.4 Å². The first-order valence-corrected chi connectivity index (χ1v) is 11.9. The van der Waals surface area contributed by atoms with Gasteiger partial charge in [0.2, 0.25) is 0 Å². The lowest BCUT2D eigenvalue weighted by atomic mass is 9.73. The Morgan fingerprint density at radius 2 is 2.00 bits per heavy atom. The molecule has 0 radical (unpaired) electrons. The summed E-state index contributed by atoms with van der Waals surface area (Å²) in [6, 6.07) is 10.6. The summed E-state index contributed by atoms with van der Waals surface area (Å²) in [5.74, 6) is 1.56. The number of rotatable bonds is 6. The van der Waals surface area contributed by atoms with Gasteiger partial charge in [0.05, 0.1) is 5.71 Å². The Kier molecular flexibility index (Phi) is 5.58.